The molecule has 2 atom stereocenters. The Bertz CT molecular complexity index is 1650. The predicted octanol–water partition coefficient (Wildman–Crippen LogP) is 7.54. The van der Waals surface area contributed by atoms with Crippen LogP contribution in [0, 0.1) is 0 Å². The van der Waals surface area contributed by atoms with Gasteiger partial charge < -0.3 is 23.6 Å². The molecule has 0 N–H and O–H groups in total. The zero-order chi connectivity index (χ0) is 29.5. The molecule has 12 heteroatoms. The molecule has 0 spiro atoms. The van der Waals surface area contributed by atoms with Crippen LogP contribution in [0.5, 0.6) is 5.75 Å². The van der Waals surface area contributed by atoms with Crippen LogP contribution in [0.25, 0.3) is 21.5 Å². The summed E-state index contributed by atoms with van der Waals surface area (Å²) in [5.41, 5.74) is 2.19. The largest absolute Gasteiger partial charge is 0.494 e. The molecule has 1 saturated heterocycles. The second-order valence-corrected chi connectivity index (χ2v) is 12.3. The molecule has 2 aliphatic rings. The molecule has 0 unspecified atom stereocenters. The molecule has 1 aliphatic carbocycles. The fourth-order valence-electron chi connectivity index (χ4n) is 5.49. The first-order valence-corrected chi connectivity index (χ1v) is 15.4. The monoisotopic (exact) mass is 629 g/mol. The third kappa shape index (κ3) is 5.31. The van der Waals surface area contributed by atoms with Gasteiger partial charge in [-0.25, -0.2) is 14.6 Å². The van der Waals surface area contributed by atoms with Gasteiger partial charge in [0, 0.05) is 36.9 Å². The maximum atomic E-state index is 13.7. The van der Waals surface area contributed by atoms with Crippen LogP contribution in [-0.4, -0.2) is 55.0 Å². The highest BCUT2D eigenvalue weighted by atomic mass is 35.5. The minimum absolute atomic E-state index is 0.0889. The van der Waals surface area contributed by atoms with Crippen LogP contribution in [0.2, 0.25) is 10.0 Å². The first kappa shape index (κ1) is 28.8. The SMILES string of the molecule is CC[C@@H]1C[C@H](OC(=O)c2c(-c3c(Cl)cccc3Cl)noc2C2CC2)CCN1c1nc2c(OC)cc(C(=O)OC)cc2s1. The van der Waals surface area contributed by atoms with E-state index in [1.165, 1.54) is 18.4 Å². The predicted molar refractivity (Wildman–Crippen MR) is 161 cm³/mol. The second kappa shape index (κ2) is 11.7. The van der Waals surface area contributed by atoms with E-state index < -0.39 is 11.9 Å². The lowest BCUT2D eigenvalue weighted by Gasteiger charge is -2.38. The topological polar surface area (TPSA) is 104 Å². The van der Waals surface area contributed by atoms with Gasteiger partial charge in [-0.3, -0.25) is 0 Å². The Kier molecular flexibility index (Phi) is 8.04. The number of benzene rings is 2. The van der Waals surface area contributed by atoms with Gasteiger partial charge in [0.1, 0.15) is 28.6 Å². The number of rotatable bonds is 8. The van der Waals surface area contributed by atoms with Crippen LogP contribution in [0.15, 0.2) is 34.9 Å². The Morgan fingerprint density at radius 2 is 1.88 bits per heavy atom. The number of piperidine rings is 1. The quantitative estimate of drug-likeness (QED) is 0.183. The first-order chi connectivity index (χ1) is 20.3. The summed E-state index contributed by atoms with van der Waals surface area (Å²) in [4.78, 5) is 33.0. The third-order valence-corrected chi connectivity index (χ3v) is 9.49. The maximum absolute atomic E-state index is 13.7. The van der Waals surface area contributed by atoms with Crippen molar-refractivity contribution >= 4 is 61.8 Å². The fraction of sp³-hybridized carbons (Fsp3) is 0.400. The normalized spacial score (nSPS) is 18.7. The van der Waals surface area contributed by atoms with E-state index in [1.807, 2.05) is 0 Å². The molecule has 220 valence electrons. The van der Waals surface area contributed by atoms with E-state index in [2.05, 4.69) is 17.0 Å². The van der Waals surface area contributed by atoms with Crippen molar-refractivity contribution in [2.24, 2.45) is 0 Å². The molecule has 2 aromatic carbocycles. The second-order valence-electron chi connectivity index (χ2n) is 10.5. The summed E-state index contributed by atoms with van der Waals surface area (Å²) in [6.45, 7) is 2.75. The Morgan fingerprint density at radius 1 is 1.12 bits per heavy atom. The van der Waals surface area contributed by atoms with Crippen molar-refractivity contribution in [2.45, 2.75) is 57.1 Å². The fourth-order valence-corrected chi connectivity index (χ4v) is 7.19. The highest BCUT2D eigenvalue weighted by Crippen LogP contribution is 2.46. The number of thiazole rings is 1. The van der Waals surface area contributed by atoms with Crippen molar-refractivity contribution in [1.82, 2.24) is 10.1 Å². The van der Waals surface area contributed by atoms with Crippen molar-refractivity contribution in [3.8, 4) is 17.0 Å². The minimum atomic E-state index is -0.475. The summed E-state index contributed by atoms with van der Waals surface area (Å²) >= 11 is 14.4. The van der Waals surface area contributed by atoms with Crippen LogP contribution in [-0.2, 0) is 9.47 Å². The molecule has 6 rings (SSSR count). The summed E-state index contributed by atoms with van der Waals surface area (Å²) in [6.07, 6.45) is 3.63. The molecule has 0 bridgehead atoms. The highest BCUT2D eigenvalue weighted by molar-refractivity contribution is 7.22. The van der Waals surface area contributed by atoms with Gasteiger partial charge in [-0.2, -0.15) is 0 Å². The molecular formula is C30H29Cl2N3O6S. The standard InChI is InChI=1S/C30H29Cl2N3O6S/c1-4-17-14-18(10-11-35(17)30-33-25-21(38-2)12-16(28(36)39-3)13-22(25)42-30)40-29(37)24-26(34-41-27(24)15-8-9-15)23-19(31)6-5-7-20(23)32/h5-7,12-13,15,17-18H,4,8-11,14H2,1-3H3/t17-,18-/m1/s1. The van der Waals surface area contributed by atoms with Gasteiger partial charge in [-0.15, -0.1) is 0 Å². The van der Waals surface area contributed by atoms with Gasteiger partial charge >= 0.3 is 11.9 Å². The number of methoxy groups -OCH3 is 2. The zero-order valence-electron chi connectivity index (χ0n) is 23.3. The van der Waals surface area contributed by atoms with E-state index in [4.69, 9.17) is 46.9 Å². The van der Waals surface area contributed by atoms with Gasteiger partial charge in [0.15, 0.2) is 10.9 Å². The molecule has 4 aromatic rings. The van der Waals surface area contributed by atoms with Crippen molar-refractivity contribution in [3.05, 3.63) is 57.3 Å². The zero-order valence-corrected chi connectivity index (χ0v) is 25.6. The van der Waals surface area contributed by atoms with Gasteiger partial charge in [-0.05, 0) is 43.5 Å². The molecule has 0 amide bonds. The molecule has 3 heterocycles. The van der Waals surface area contributed by atoms with Crippen molar-refractivity contribution in [1.29, 1.82) is 0 Å². The minimum Gasteiger partial charge on any atom is -0.494 e. The number of halogens is 2. The number of carbonyl (C=O) groups is 2. The average molecular weight is 631 g/mol. The smallest absolute Gasteiger partial charge is 0.344 e. The van der Waals surface area contributed by atoms with Crippen LogP contribution in [0.4, 0.5) is 5.13 Å². The van der Waals surface area contributed by atoms with Crippen molar-refractivity contribution < 1.29 is 28.3 Å². The van der Waals surface area contributed by atoms with E-state index in [0.29, 0.717) is 68.8 Å². The lowest BCUT2D eigenvalue weighted by Crippen LogP contribution is -2.45. The molecule has 2 fully saturated rings. The molecule has 9 nitrogen and oxygen atoms in total. The van der Waals surface area contributed by atoms with E-state index in [1.54, 1.807) is 37.4 Å². The van der Waals surface area contributed by atoms with Gasteiger partial charge in [0.25, 0.3) is 0 Å². The van der Waals surface area contributed by atoms with E-state index in [9.17, 15) is 9.59 Å². The van der Waals surface area contributed by atoms with Crippen LogP contribution in [0.1, 0.15) is 71.4 Å². The Hall–Kier alpha value is -3.34. The van der Waals surface area contributed by atoms with Crippen LogP contribution >= 0.6 is 34.5 Å². The van der Waals surface area contributed by atoms with Crippen LogP contribution in [0.3, 0.4) is 0 Å². The molecule has 0 radical (unpaired) electrons. The highest BCUT2D eigenvalue weighted by Gasteiger charge is 2.39. The molecule has 42 heavy (non-hydrogen) atoms. The summed E-state index contributed by atoms with van der Waals surface area (Å²) < 4.78 is 23.0. The summed E-state index contributed by atoms with van der Waals surface area (Å²) in [7, 11) is 2.90. The molecule has 1 aliphatic heterocycles. The first-order valence-electron chi connectivity index (χ1n) is 13.8. The van der Waals surface area contributed by atoms with Crippen molar-refractivity contribution in [3.63, 3.8) is 0 Å². The van der Waals surface area contributed by atoms with E-state index in [0.717, 1.165) is 29.1 Å². The summed E-state index contributed by atoms with van der Waals surface area (Å²) in [5, 5.41) is 5.82. The number of ether oxygens (including phenoxy) is 3. The summed E-state index contributed by atoms with van der Waals surface area (Å²) in [5.74, 6) is 0.275. The van der Waals surface area contributed by atoms with Crippen LogP contribution < -0.4 is 9.64 Å². The van der Waals surface area contributed by atoms with E-state index in [-0.39, 0.29) is 18.1 Å². The maximum Gasteiger partial charge on any atom is 0.344 e. The Labute approximate surface area is 256 Å². The lowest BCUT2D eigenvalue weighted by atomic mass is 9.97. The number of hydrogen-bond donors (Lipinski definition) is 0. The summed E-state index contributed by atoms with van der Waals surface area (Å²) in [6, 6.07) is 8.67. The number of carbonyl (C=O) groups excluding carboxylic acids is 2. The molecule has 2 aromatic heterocycles. The molecular weight excluding hydrogens is 601 g/mol. The van der Waals surface area contributed by atoms with Gasteiger partial charge in [0.2, 0.25) is 0 Å². The number of nitrogens with zero attached hydrogens (tertiary/aromatic N) is 3. The third-order valence-electron chi connectivity index (χ3n) is 7.82. The number of fused-ring (bicyclic) bond motifs is 1. The number of aromatic nitrogens is 2. The van der Waals surface area contributed by atoms with E-state index >= 15 is 0 Å². The Balaban J connectivity index is 1.24. The lowest BCUT2D eigenvalue weighted by molar-refractivity contribution is 0.0206. The molecule has 1 saturated carbocycles. The number of anilines is 1. The Morgan fingerprint density at radius 3 is 2.55 bits per heavy atom. The number of hydrogen-bond acceptors (Lipinski definition) is 10. The van der Waals surface area contributed by atoms with Gasteiger partial charge in [0.05, 0.1) is 34.5 Å². The van der Waals surface area contributed by atoms with Crippen molar-refractivity contribution in [2.75, 3.05) is 25.7 Å². The van der Waals surface area contributed by atoms with Gasteiger partial charge in [-0.1, -0.05) is 52.7 Å². The average Bonchev–Trinajstić information content (AvgIpc) is 3.60. The number of esters is 2.